The summed E-state index contributed by atoms with van der Waals surface area (Å²) < 4.78 is 5.35. The van der Waals surface area contributed by atoms with Crippen molar-refractivity contribution in [3.8, 4) is 0 Å². The van der Waals surface area contributed by atoms with Gasteiger partial charge in [-0.25, -0.2) is 0 Å². The quantitative estimate of drug-likeness (QED) is 0.761. The fourth-order valence-corrected chi connectivity index (χ4v) is 2.42. The average molecular weight is 295 g/mol. The number of hydrogen-bond donors (Lipinski definition) is 2. The first-order valence-electron chi connectivity index (χ1n) is 7.20. The molecule has 1 amide bonds. The lowest BCUT2D eigenvalue weighted by Crippen LogP contribution is -2.33. The van der Waals surface area contributed by atoms with E-state index in [4.69, 9.17) is 4.42 Å². The summed E-state index contributed by atoms with van der Waals surface area (Å²) in [6.45, 7) is 0.202. The largest absolute Gasteiger partial charge is 0.463 e. The van der Waals surface area contributed by atoms with Crippen LogP contribution in [0.15, 0.2) is 65.3 Å². The Labute approximate surface area is 128 Å². The number of carbonyl (C=O) groups is 1. The lowest BCUT2D eigenvalue weighted by molar-refractivity contribution is 0.0916. The summed E-state index contributed by atoms with van der Waals surface area (Å²) in [6.07, 6.45) is 1.33. The Hall–Kier alpha value is -2.59. The van der Waals surface area contributed by atoms with Crippen molar-refractivity contribution in [3.05, 3.63) is 72.0 Å². The number of fused-ring (bicyclic) bond motifs is 1. The molecule has 1 heterocycles. The average Bonchev–Trinajstić information content (AvgIpc) is 2.98. The smallest absolute Gasteiger partial charge is 0.255 e. The second-order valence-corrected chi connectivity index (χ2v) is 5.20. The molecular weight excluding hydrogens is 278 g/mol. The number of nitrogens with one attached hydrogen (secondary N) is 1. The topological polar surface area (TPSA) is 62.5 Å². The molecule has 1 aromatic heterocycles. The predicted molar refractivity (Wildman–Crippen MR) is 84.7 cm³/mol. The minimum absolute atomic E-state index is 0.202. The normalized spacial score (nSPS) is 12.2. The number of para-hydroxylation sites is 1. The first-order valence-corrected chi connectivity index (χ1v) is 7.20. The van der Waals surface area contributed by atoms with E-state index in [0.29, 0.717) is 17.6 Å². The van der Waals surface area contributed by atoms with Crippen LogP contribution in [-0.4, -0.2) is 23.7 Å². The maximum absolute atomic E-state index is 12.2. The molecule has 2 aromatic carbocycles. The summed E-state index contributed by atoms with van der Waals surface area (Å²) in [5.74, 6) is -0.239. The number of carbonyl (C=O) groups excluding carboxylic acids is 1. The molecule has 1 unspecified atom stereocenters. The SMILES string of the molecule is O=C(NCC(O)Cc1ccccc1)c1coc2ccccc12. The Morgan fingerprint density at radius 3 is 2.64 bits per heavy atom. The molecule has 0 saturated heterocycles. The van der Waals surface area contributed by atoms with Crippen molar-refractivity contribution in [1.82, 2.24) is 5.32 Å². The van der Waals surface area contributed by atoms with Crippen LogP contribution in [-0.2, 0) is 6.42 Å². The van der Waals surface area contributed by atoms with Crippen LogP contribution >= 0.6 is 0 Å². The molecular formula is C18H17NO3. The third-order valence-electron chi connectivity index (χ3n) is 3.54. The van der Waals surface area contributed by atoms with E-state index in [2.05, 4.69) is 5.32 Å². The number of amides is 1. The van der Waals surface area contributed by atoms with Gasteiger partial charge in [-0.2, -0.15) is 0 Å². The Kier molecular flexibility index (Phi) is 4.21. The van der Waals surface area contributed by atoms with Gasteiger partial charge in [-0.15, -0.1) is 0 Å². The first kappa shape index (κ1) is 14.4. The predicted octanol–water partition coefficient (Wildman–Crippen LogP) is 2.77. The van der Waals surface area contributed by atoms with Gasteiger partial charge in [0, 0.05) is 18.4 Å². The monoisotopic (exact) mass is 295 g/mol. The Morgan fingerprint density at radius 1 is 1.09 bits per heavy atom. The minimum Gasteiger partial charge on any atom is -0.463 e. The second-order valence-electron chi connectivity index (χ2n) is 5.20. The van der Waals surface area contributed by atoms with Gasteiger partial charge in [0.05, 0.1) is 11.7 Å². The molecule has 4 nitrogen and oxygen atoms in total. The summed E-state index contributed by atoms with van der Waals surface area (Å²) in [5, 5.41) is 13.5. The molecule has 4 heteroatoms. The Morgan fingerprint density at radius 2 is 1.82 bits per heavy atom. The second kappa shape index (κ2) is 6.45. The molecule has 0 fully saturated rings. The van der Waals surface area contributed by atoms with Crippen molar-refractivity contribution < 1.29 is 14.3 Å². The number of furan rings is 1. The van der Waals surface area contributed by atoms with Crippen LogP contribution in [0.4, 0.5) is 0 Å². The number of hydrogen-bond acceptors (Lipinski definition) is 3. The van der Waals surface area contributed by atoms with Gasteiger partial charge in [-0.05, 0) is 11.6 Å². The van der Waals surface area contributed by atoms with Gasteiger partial charge in [0.1, 0.15) is 11.8 Å². The van der Waals surface area contributed by atoms with Gasteiger partial charge >= 0.3 is 0 Å². The fraction of sp³-hybridized carbons (Fsp3) is 0.167. The zero-order valence-corrected chi connectivity index (χ0v) is 12.0. The number of benzene rings is 2. The van der Waals surface area contributed by atoms with Gasteiger partial charge in [-0.1, -0.05) is 48.5 Å². The molecule has 3 aromatic rings. The van der Waals surface area contributed by atoms with Crippen LogP contribution in [0.25, 0.3) is 11.0 Å². The molecule has 112 valence electrons. The number of aliphatic hydroxyl groups is 1. The van der Waals surface area contributed by atoms with E-state index >= 15 is 0 Å². The summed E-state index contributed by atoms with van der Waals surface area (Å²) >= 11 is 0. The maximum Gasteiger partial charge on any atom is 0.255 e. The van der Waals surface area contributed by atoms with Crippen molar-refractivity contribution in [1.29, 1.82) is 0 Å². The van der Waals surface area contributed by atoms with E-state index in [0.717, 1.165) is 10.9 Å². The van der Waals surface area contributed by atoms with Gasteiger partial charge in [-0.3, -0.25) is 4.79 Å². The van der Waals surface area contributed by atoms with Crippen molar-refractivity contribution in [2.45, 2.75) is 12.5 Å². The third-order valence-corrected chi connectivity index (χ3v) is 3.54. The highest BCUT2D eigenvalue weighted by Gasteiger charge is 2.14. The van der Waals surface area contributed by atoms with Gasteiger partial charge in [0.2, 0.25) is 0 Å². The van der Waals surface area contributed by atoms with Crippen molar-refractivity contribution in [2.75, 3.05) is 6.54 Å². The fourth-order valence-electron chi connectivity index (χ4n) is 2.42. The number of aliphatic hydroxyl groups excluding tert-OH is 1. The van der Waals surface area contributed by atoms with Gasteiger partial charge in [0.25, 0.3) is 5.91 Å². The van der Waals surface area contributed by atoms with E-state index in [1.807, 2.05) is 54.6 Å². The van der Waals surface area contributed by atoms with E-state index in [9.17, 15) is 9.90 Å². The van der Waals surface area contributed by atoms with Crippen molar-refractivity contribution in [2.24, 2.45) is 0 Å². The van der Waals surface area contributed by atoms with E-state index in [1.54, 1.807) is 0 Å². The zero-order valence-electron chi connectivity index (χ0n) is 12.0. The molecule has 0 aliphatic heterocycles. The highest BCUT2D eigenvalue weighted by molar-refractivity contribution is 6.05. The molecule has 0 aliphatic rings. The lowest BCUT2D eigenvalue weighted by atomic mass is 10.1. The Bertz CT molecular complexity index is 764. The maximum atomic E-state index is 12.2. The first-order chi connectivity index (χ1) is 10.7. The van der Waals surface area contributed by atoms with Gasteiger partial charge in [0.15, 0.2) is 0 Å². The summed E-state index contributed by atoms with van der Waals surface area (Å²) in [6, 6.07) is 17.1. The summed E-state index contributed by atoms with van der Waals surface area (Å²) in [5.41, 5.74) is 2.21. The highest BCUT2D eigenvalue weighted by Crippen LogP contribution is 2.20. The third kappa shape index (κ3) is 3.18. The minimum atomic E-state index is -0.621. The summed E-state index contributed by atoms with van der Waals surface area (Å²) in [4.78, 5) is 12.2. The van der Waals surface area contributed by atoms with E-state index in [-0.39, 0.29) is 12.5 Å². The molecule has 2 N–H and O–H groups in total. The molecule has 3 rings (SSSR count). The zero-order chi connectivity index (χ0) is 15.4. The molecule has 0 saturated carbocycles. The molecule has 0 spiro atoms. The Balaban J connectivity index is 1.60. The van der Waals surface area contributed by atoms with Crippen molar-refractivity contribution in [3.63, 3.8) is 0 Å². The van der Waals surface area contributed by atoms with Gasteiger partial charge < -0.3 is 14.8 Å². The molecule has 1 atom stereocenters. The molecule has 0 bridgehead atoms. The summed E-state index contributed by atoms with van der Waals surface area (Å²) in [7, 11) is 0. The van der Waals surface area contributed by atoms with Crippen LogP contribution in [0.2, 0.25) is 0 Å². The van der Waals surface area contributed by atoms with Crippen LogP contribution in [0.3, 0.4) is 0 Å². The highest BCUT2D eigenvalue weighted by atomic mass is 16.3. The molecule has 22 heavy (non-hydrogen) atoms. The van der Waals surface area contributed by atoms with Crippen LogP contribution in [0.1, 0.15) is 15.9 Å². The molecule has 0 radical (unpaired) electrons. The van der Waals surface area contributed by atoms with Crippen LogP contribution in [0.5, 0.6) is 0 Å². The van der Waals surface area contributed by atoms with E-state index < -0.39 is 6.10 Å². The van der Waals surface area contributed by atoms with E-state index in [1.165, 1.54) is 6.26 Å². The van der Waals surface area contributed by atoms with Crippen molar-refractivity contribution >= 4 is 16.9 Å². The van der Waals surface area contributed by atoms with Crippen LogP contribution in [0, 0.1) is 0 Å². The van der Waals surface area contributed by atoms with Crippen LogP contribution < -0.4 is 5.32 Å². The lowest BCUT2D eigenvalue weighted by Gasteiger charge is -2.11. The molecule has 0 aliphatic carbocycles. The standard InChI is InChI=1S/C18H17NO3/c20-14(10-13-6-2-1-3-7-13)11-19-18(21)16-12-22-17-9-5-4-8-15(16)17/h1-9,12,14,20H,10-11H2,(H,19,21). The number of rotatable bonds is 5.